The van der Waals surface area contributed by atoms with Crippen LogP contribution < -0.4 is 5.32 Å². The van der Waals surface area contributed by atoms with Crippen LogP contribution in [0.25, 0.3) is 0 Å². The lowest BCUT2D eigenvalue weighted by Crippen LogP contribution is -2.49. The van der Waals surface area contributed by atoms with Gasteiger partial charge in [0.15, 0.2) is 0 Å². The molecule has 0 saturated heterocycles. The zero-order chi connectivity index (χ0) is 20.0. The number of hydrogen-bond donors (Lipinski definition) is 3. The summed E-state index contributed by atoms with van der Waals surface area (Å²) in [6.07, 6.45) is 3.46. The fraction of sp³-hybridized carbons (Fsp3) is 0.421. The van der Waals surface area contributed by atoms with Gasteiger partial charge in [-0.1, -0.05) is 26.0 Å². The van der Waals surface area contributed by atoms with Crippen LogP contribution in [0, 0.1) is 11.7 Å². The summed E-state index contributed by atoms with van der Waals surface area (Å²) >= 11 is 0. The van der Waals surface area contributed by atoms with Crippen molar-refractivity contribution in [3.8, 4) is 0 Å². The monoisotopic (exact) mass is 377 g/mol. The number of nitrogens with zero attached hydrogens (tertiary/aromatic N) is 2. The Morgan fingerprint density at radius 3 is 2.52 bits per heavy atom. The molecule has 1 heterocycles. The van der Waals surface area contributed by atoms with E-state index in [1.807, 2.05) is 13.8 Å². The molecule has 0 saturated carbocycles. The number of aliphatic carboxylic acids is 2. The first-order valence-electron chi connectivity index (χ1n) is 8.71. The Morgan fingerprint density at radius 2 is 1.93 bits per heavy atom. The molecule has 27 heavy (non-hydrogen) atoms. The Morgan fingerprint density at radius 1 is 1.22 bits per heavy atom. The Kier molecular flexibility index (Phi) is 7.06. The molecular weight excluding hydrogens is 353 g/mol. The molecule has 0 fully saturated rings. The zero-order valence-corrected chi connectivity index (χ0v) is 15.3. The van der Waals surface area contributed by atoms with E-state index in [0.717, 1.165) is 5.56 Å². The maximum atomic E-state index is 13.4. The molecule has 146 valence electrons. The molecule has 8 heteroatoms. The molecule has 1 aromatic carbocycles. The van der Waals surface area contributed by atoms with E-state index in [-0.39, 0.29) is 18.2 Å². The van der Waals surface area contributed by atoms with Crippen LogP contribution in [0.3, 0.4) is 0 Å². The zero-order valence-electron chi connectivity index (χ0n) is 15.3. The van der Waals surface area contributed by atoms with Crippen LogP contribution in [0.5, 0.6) is 0 Å². The fourth-order valence-electron chi connectivity index (χ4n) is 2.87. The van der Waals surface area contributed by atoms with E-state index in [9.17, 15) is 24.2 Å². The molecule has 2 aromatic rings. The van der Waals surface area contributed by atoms with Crippen molar-refractivity contribution < 1.29 is 24.2 Å². The molecule has 0 unspecified atom stereocenters. The highest BCUT2D eigenvalue weighted by Crippen LogP contribution is 2.12. The van der Waals surface area contributed by atoms with Gasteiger partial charge in [0.25, 0.3) is 0 Å². The first kappa shape index (κ1) is 20.6. The fourth-order valence-corrected chi connectivity index (χ4v) is 2.87. The van der Waals surface area contributed by atoms with Gasteiger partial charge in [-0.25, -0.2) is 9.37 Å². The number of nitrogens with one attached hydrogen (secondary N) is 1. The topological polar surface area (TPSA) is 104 Å². The number of aromatic nitrogens is 2. The minimum atomic E-state index is -1.14. The Bertz CT molecular complexity index is 791. The van der Waals surface area contributed by atoms with Crippen molar-refractivity contribution in [3.63, 3.8) is 0 Å². The molecule has 2 atom stereocenters. The van der Waals surface area contributed by atoms with Crippen LogP contribution in [-0.4, -0.2) is 43.8 Å². The molecular formula is C19H24FN3O4. The van der Waals surface area contributed by atoms with Crippen molar-refractivity contribution in [2.45, 2.75) is 45.3 Å². The van der Waals surface area contributed by atoms with Gasteiger partial charge in [0.2, 0.25) is 0 Å². The number of hydrogen-bond acceptors (Lipinski definition) is 4. The van der Waals surface area contributed by atoms with E-state index in [0.29, 0.717) is 18.7 Å². The highest BCUT2D eigenvalue weighted by Gasteiger charge is 2.27. The van der Waals surface area contributed by atoms with Crippen molar-refractivity contribution in [1.29, 1.82) is 0 Å². The lowest BCUT2D eigenvalue weighted by molar-refractivity contribution is -0.142. The molecule has 3 N–H and O–H groups in total. The summed E-state index contributed by atoms with van der Waals surface area (Å²) in [6.45, 7) is 4.09. The quantitative estimate of drug-likeness (QED) is 0.586. The number of carboxylic acid groups (broad SMARTS) is 2. The third-order valence-electron chi connectivity index (χ3n) is 4.16. The summed E-state index contributed by atoms with van der Waals surface area (Å²) in [7, 11) is 0. The number of rotatable bonds is 10. The third-order valence-corrected chi connectivity index (χ3v) is 4.16. The summed E-state index contributed by atoms with van der Waals surface area (Å²) in [5.41, 5.74) is 1.34. The largest absolute Gasteiger partial charge is 0.480 e. The molecule has 7 nitrogen and oxygen atoms in total. The van der Waals surface area contributed by atoms with E-state index in [2.05, 4.69) is 10.3 Å². The first-order chi connectivity index (χ1) is 12.8. The predicted molar refractivity (Wildman–Crippen MR) is 96.9 cm³/mol. The second-order valence-electron chi connectivity index (χ2n) is 6.92. The molecule has 0 spiro atoms. The summed E-state index contributed by atoms with van der Waals surface area (Å²) < 4.78 is 15.1. The van der Waals surface area contributed by atoms with Crippen molar-refractivity contribution in [2.75, 3.05) is 0 Å². The summed E-state index contributed by atoms with van der Waals surface area (Å²) in [5, 5.41) is 21.6. The molecule has 0 bridgehead atoms. The average Bonchev–Trinajstić information content (AvgIpc) is 2.99. The Balaban J connectivity index is 2.14. The SMILES string of the molecule is CC(C)C[C@H](N[C@@H](Cc1cncn1Cc1cccc(F)c1)C(=O)O)C(=O)O. The van der Waals surface area contributed by atoms with Gasteiger partial charge in [0, 0.05) is 24.9 Å². The molecule has 0 radical (unpaired) electrons. The standard InChI is InChI=1S/C19H24FN3O4/c1-12(2)6-16(18(24)25)22-17(19(26)27)8-15-9-21-11-23(15)10-13-4-3-5-14(20)7-13/h3-5,7,9,11-12,16-17,22H,6,8,10H2,1-2H3,(H,24,25)(H,26,27)/t16-,17-/m0/s1. The average molecular weight is 377 g/mol. The van der Waals surface area contributed by atoms with Gasteiger partial charge in [-0.05, 0) is 30.0 Å². The van der Waals surface area contributed by atoms with Crippen LogP contribution in [0.1, 0.15) is 31.5 Å². The van der Waals surface area contributed by atoms with Gasteiger partial charge in [-0.15, -0.1) is 0 Å². The van der Waals surface area contributed by atoms with E-state index >= 15 is 0 Å². The minimum absolute atomic E-state index is 0.0620. The number of imidazole rings is 1. The summed E-state index contributed by atoms with van der Waals surface area (Å²) in [6, 6.07) is 4.09. The number of benzene rings is 1. The summed E-state index contributed by atoms with van der Waals surface area (Å²) in [4.78, 5) is 27.1. The van der Waals surface area contributed by atoms with Crippen molar-refractivity contribution in [1.82, 2.24) is 14.9 Å². The molecule has 2 rings (SSSR count). The molecule has 0 aliphatic heterocycles. The molecule has 0 aliphatic rings. The Hall–Kier alpha value is -2.74. The normalized spacial score (nSPS) is 13.5. The van der Waals surface area contributed by atoms with Crippen molar-refractivity contribution in [3.05, 3.63) is 53.9 Å². The second-order valence-corrected chi connectivity index (χ2v) is 6.92. The van der Waals surface area contributed by atoms with Gasteiger partial charge < -0.3 is 14.8 Å². The second kappa shape index (κ2) is 9.27. The highest BCUT2D eigenvalue weighted by atomic mass is 19.1. The smallest absolute Gasteiger partial charge is 0.321 e. The van der Waals surface area contributed by atoms with E-state index in [1.165, 1.54) is 18.3 Å². The van der Waals surface area contributed by atoms with Crippen LogP contribution >= 0.6 is 0 Å². The van der Waals surface area contributed by atoms with Gasteiger partial charge in [-0.3, -0.25) is 14.9 Å². The number of carbonyl (C=O) groups is 2. The van der Waals surface area contributed by atoms with Crippen LogP contribution in [-0.2, 0) is 22.6 Å². The van der Waals surface area contributed by atoms with Gasteiger partial charge in [0.05, 0.1) is 6.33 Å². The number of carboxylic acids is 2. The maximum Gasteiger partial charge on any atom is 0.321 e. The Labute approximate surface area is 156 Å². The van der Waals surface area contributed by atoms with Crippen LogP contribution in [0.2, 0.25) is 0 Å². The summed E-state index contributed by atoms with van der Waals surface area (Å²) in [5.74, 6) is -2.46. The first-order valence-corrected chi connectivity index (χ1v) is 8.71. The van der Waals surface area contributed by atoms with E-state index < -0.39 is 24.0 Å². The van der Waals surface area contributed by atoms with Gasteiger partial charge in [-0.2, -0.15) is 0 Å². The molecule has 0 amide bonds. The van der Waals surface area contributed by atoms with Gasteiger partial charge >= 0.3 is 11.9 Å². The number of halogens is 1. The van der Waals surface area contributed by atoms with E-state index in [4.69, 9.17) is 0 Å². The van der Waals surface area contributed by atoms with Crippen LogP contribution in [0.4, 0.5) is 4.39 Å². The van der Waals surface area contributed by atoms with Crippen molar-refractivity contribution in [2.24, 2.45) is 5.92 Å². The predicted octanol–water partition coefficient (Wildman–Crippen LogP) is 2.16. The minimum Gasteiger partial charge on any atom is -0.480 e. The third kappa shape index (κ3) is 6.18. The lowest BCUT2D eigenvalue weighted by atomic mass is 10.0. The highest BCUT2D eigenvalue weighted by molar-refractivity contribution is 5.77. The van der Waals surface area contributed by atoms with Crippen molar-refractivity contribution >= 4 is 11.9 Å². The van der Waals surface area contributed by atoms with Crippen LogP contribution in [0.15, 0.2) is 36.8 Å². The van der Waals surface area contributed by atoms with Gasteiger partial charge in [0.1, 0.15) is 17.9 Å². The lowest BCUT2D eigenvalue weighted by Gasteiger charge is -2.22. The molecule has 0 aliphatic carbocycles. The molecule has 1 aromatic heterocycles. The van der Waals surface area contributed by atoms with E-state index in [1.54, 1.807) is 23.0 Å². The maximum absolute atomic E-state index is 13.4.